The topological polar surface area (TPSA) is 47.1 Å². The summed E-state index contributed by atoms with van der Waals surface area (Å²) in [6, 6.07) is 11.5. The Morgan fingerprint density at radius 3 is 2.18 bits per heavy atom. The van der Waals surface area contributed by atoms with Gasteiger partial charge >= 0.3 is 6.03 Å². The van der Waals surface area contributed by atoms with Crippen LogP contribution >= 0.6 is 0 Å². The third-order valence-electron chi connectivity index (χ3n) is 9.18. The number of urea groups is 1. The molecule has 0 bridgehead atoms. The van der Waals surface area contributed by atoms with Gasteiger partial charge in [-0.05, 0) is 76.9 Å². The zero-order valence-electron chi connectivity index (χ0n) is 20.6. The lowest BCUT2D eigenvalue weighted by Crippen LogP contribution is -2.55. The van der Waals surface area contributed by atoms with E-state index in [0.29, 0.717) is 5.92 Å². The number of likely N-dealkylation sites (tertiary alicyclic amines) is 1. The third-order valence-corrected chi connectivity index (χ3v) is 9.18. The van der Waals surface area contributed by atoms with Gasteiger partial charge in [-0.3, -0.25) is 9.69 Å². The number of piperidine rings is 1. The van der Waals surface area contributed by atoms with Crippen molar-refractivity contribution >= 4 is 11.9 Å². The molecule has 33 heavy (non-hydrogen) atoms. The summed E-state index contributed by atoms with van der Waals surface area (Å²) in [7, 11) is 4.42. The van der Waals surface area contributed by atoms with E-state index in [1.807, 2.05) is 4.90 Å². The molecule has 2 saturated heterocycles. The Balaban J connectivity index is 1.36. The molecule has 2 aliphatic heterocycles. The van der Waals surface area contributed by atoms with Gasteiger partial charge in [0.15, 0.2) is 0 Å². The van der Waals surface area contributed by atoms with Crippen LogP contribution in [0.25, 0.3) is 0 Å². The average Bonchev–Trinajstić information content (AvgIpc) is 3.62. The van der Waals surface area contributed by atoms with Gasteiger partial charge in [-0.25, -0.2) is 4.79 Å². The lowest BCUT2D eigenvalue weighted by molar-refractivity contribution is -0.130. The molecular weight excluding hydrogens is 412 g/mol. The molecule has 1 spiro atoms. The number of carbonyl (C=O) groups is 2. The van der Waals surface area contributed by atoms with Gasteiger partial charge in [-0.2, -0.15) is 0 Å². The van der Waals surface area contributed by atoms with Crippen LogP contribution in [0.1, 0.15) is 63.9 Å². The van der Waals surface area contributed by atoms with Crippen LogP contribution in [0.3, 0.4) is 0 Å². The fraction of sp³-hybridized carbons (Fsp3) is 0.704. The number of carbonyl (C=O) groups excluding carboxylic acids is 2. The quantitative estimate of drug-likeness (QED) is 0.680. The first-order valence-corrected chi connectivity index (χ1v) is 12.9. The molecule has 4 fully saturated rings. The molecule has 0 N–H and O–H groups in total. The van der Waals surface area contributed by atoms with Gasteiger partial charge in [-0.15, -0.1) is 0 Å². The minimum absolute atomic E-state index is 0.0360. The Morgan fingerprint density at radius 2 is 1.64 bits per heavy atom. The van der Waals surface area contributed by atoms with Crippen molar-refractivity contribution in [2.24, 2.45) is 5.92 Å². The van der Waals surface area contributed by atoms with E-state index in [-0.39, 0.29) is 29.1 Å². The van der Waals surface area contributed by atoms with Gasteiger partial charge in [0.25, 0.3) is 0 Å². The van der Waals surface area contributed by atoms with E-state index in [9.17, 15) is 9.59 Å². The van der Waals surface area contributed by atoms with E-state index >= 15 is 0 Å². The molecule has 1 aromatic rings. The first-order valence-electron chi connectivity index (χ1n) is 12.9. The van der Waals surface area contributed by atoms with E-state index in [1.165, 1.54) is 18.4 Å². The smallest absolute Gasteiger partial charge is 0.320 e. The second-order valence-corrected chi connectivity index (χ2v) is 11.2. The summed E-state index contributed by atoms with van der Waals surface area (Å²) in [5.74, 6) is 0.848. The number of nitrogens with zero attached hydrogens (tertiary/aromatic N) is 4. The summed E-state index contributed by atoms with van der Waals surface area (Å²) in [5, 5.41) is 0. The summed E-state index contributed by atoms with van der Waals surface area (Å²) in [4.78, 5) is 34.4. The molecule has 180 valence electrons. The van der Waals surface area contributed by atoms with Crippen LogP contribution in [0, 0.1) is 5.92 Å². The molecule has 2 heterocycles. The lowest BCUT2D eigenvalue weighted by atomic mass is 9.68. The maximum Gasteiger partial charge on any atom is 0.320 e. The predicted molar refractivity (Wildman–Crippen MR) is 130 cm³/mol. The second kappa shape index (κ2) is 8.61. The summed E-state index contributed by atoms with van der Waals surface area (Å²) < 4.78 is 0. The summed E-state index contributed by atoms with van der Waals surface area (Å²) >= 11 is 0. The van der Waals surface area contributed by atoms with Crippen LogP contribution < -0.4 is 0 Å². The van der Waals surface area contributed by atoms with Gasteiger partial charge in [0.2, 0.25) is 5.91 Å². The van der Waals surface area contributed by atoms with E-state index in [1.54, 1.807) is 6.92 Å². The molecule has 3 amide bonds. The van der Waals surface area contributed by atoms with Crippen molar-refractivity contribution in [3.63, 3.8) is 0 Å². The van der Waals surface area contributed by atoms with Crippen molar-refractivity contribution in [1.82, 2.24) is 19.6 Å². The molecule has 6 nitrogen and oxygen atoms in total. The molecule has 2 saturated carbocycles. The Bertz CT molecular complexity index is 865. The maximum atomic E-state index is 13.8. The minimum atomic E-state index is -0.0360. The van der Waals surface area contributed by atoms with Crippen molar-refractivity contribution in [3.05, 3.63) is 35.9 Å². The van der Waals surface area contributed by atoms with Crippen LogP contribution in [0.4, 0.5) is 4.79 Å². The summed E-state index contributed by atoms with van der Waals surface area (Å²) in [6.07, 6.45) is 8.62. The Morgan fingerprint density at radius 1 is 1.00 bits per heavy atom. The molecule has 0 atom stereocenters. The number of hydrogen-bond acceptors (Lipinski definition) is 3. The third kappa shape index (κ3) is 4.05. The molecule has 2 aliphatic carbocycles. The number of hydrogen-bond donors (Lipinski definition) is 0. The van der Waals surface area contributed by atoms with Crippen molar-refractivity contribution in [2.75, 3.05) is 40.3 Å². The second-order valence-electron chi connectivity index (χ2n) is 11.2. The number of amides is 3. The zero-order valence-corrected chi connectivity index (χ0v) is 20.6. The van der Waals surface area contributed by atoms with Crippen molar-refractivity contribution in [3.8, 4) is 0 Å². The molecule has 6 heteroatoms. The maximum absolute atomic E-state index is 13.8. The molecular formula is C27H40N4O2. The van der Waals surface area contributed by atoms with Crippen LogP contribution in [-0.2, 0) is 10.3 Å². The molecule has 0 radical (unpaired) electrons. The predicted octanol–water partition coefficient (Wildman–Crippen LogP) is 3.91. The zero-order chi connectivity index (χ0) is 23.2. The van der Waals surface area contributed by atoms with Crippen molar-refractivity contribution < 1.29 is 9.59 Å². The van der Waals surface area contributed by atoms with Gasteiger partial charge in [-0.1, -0.05) is 30.3 Å². The number of benzene rings is 1. The Hall–Kier alpha value is -2.08. The molecule has 5 rings (SSSR count). The highest BCUT2D eigenvalue weighted by Crippen LogP contribution is 2.50. The normalized spacial score (nSPS) is 31.2. The molecule has 0 unspecified atom stereocenters. The molecule has 0 aromatic heterocycles. The van der Waals surface area contributed by atoms with E-state index < -0.39 is 0 Å². The van der Waals surface area contributed by atoms with E-state index in [2.05, 4.69) is 59.1 Å². The number of rotatable bonds is 5. The highest BCUT2D eigenvalue weighted by atomic mass is 16.2. The van der Waals surface area contributed by atoms with E-state index in [4.69, 9.17) is 0 Å². The van der Waals surface area contributed by atoms with E-state index in [0.717, 1.165) is 64.7 Å². The summed E-state index contributed by atoms with van der Waals surface area (Å²) in [6.45, 7) is 5.00. The van der Waals surface area contributed by atoms with Crippen LogP contribution in [0.5, 0.6) is 0 Å². The highest BCUT2D eigenvalue weighted by Gasteiger charge is 2.56. The van der Waals surface area contributed by atoms with Gasteiger partial charge < -0.3 is 14.7 Å². The standard InChI is InChI=1S/C27H40N4O2/c1-21(32)29-17-11-24(12-18-29)30-20-26(31(25(30)33)19-22-9-10-22)13-15-27(16-14-26,28(2)3)23-7-5-4-6-8-23/h4-8,22,24H,9-20H2,1-3H3/t26-,27-. The highest BCUT2D eigenvalue weighted by molar-refractivity contribution is 5.79. The van der Waals surface area contributed by atoms with Crippen LogP contribution in [0.2, 0.25) is 0 Å². The van der Waals surface area contributed by atoms with Gasteiger partial charge in [0.1, 0.15) is 0 Å². The fourth-order valence-electron chi connectivity index (χ4n) is 6.74. The molecule has 1 aromatic carbocycles. The van der Waals surface area contributed by atoms with Gasteiger partial charge in [0, 0.05) is 44.7 Å². The average molecular weight is 453 g/mol. The largest absolute Gasteiger partial charge is 0.343 e. The van der Waals surface area contributed by atoms with Gasteiger partial charge in [0.05, 0.1) is 5.54 Å². The lowest BCUT2D eigenvalue weighted by Gasteiger charge is -2.51. The van der Waals surface area contributed by atoms with Crippen LogP contribution in [0.15, 0.2) is 30.3 Å². The Labute approximate surface area is 198 Å². The van der Waals surface area contributed by atoms with Crippen LogP contribution in [-0.4, -0.2) is 83.4 Å². The Kier molecular flexibility index (Phi) is 5.92. The minimum Gasteiger partial charge on any atom is -0.343 e. The van der Waals surface area contributed by atoms with Crippen molar-refractivity contribution in [1.29, 1.82) is 0 Å². The first-order chi connectivity index (χ1) is 15.8. The fourth-order valence-corrected chi connectivity index (χ4v) is 6.74. The van der Waals surface area contributed by atoms with Crippen molar-refractivity contribution in [2.45, 2.75) is 75.4 Å². The molecule has 4 aliphatic rings. The first kappa shape index (κ1) is 22.7. The monoisotopic (exact) mass is 452 g/mol. The SMILES string of the molecule is CC(=O)N1CCC(N2C[C@]3(CC[C@@](c4ccccc4)(N(C)C)CC3)N(CC3CC3)C2=O)CC1. The summed E-state index contributed by atoms with van der Waals surface area (Å²) in [5.41, 5.74) is 1.41.